The van der Waals surface area contributed by atoms with Crippen LogP contribution >= 0.6 is 0 Å². The number of ether oxygens (including phenoxy) is 1. The molecular formula is C17H18N3O2. The third-order valence-corrected chi connectivity index (χ3v) is 3.38. The van der Waals surface area contributed by atoms with Crippen LogP contribution in [0.5, 0.6) is 5.75 Å². The lowest BCUT2D eigenvalue weighted by Gasteiger charge is -2.09. The molecule has 5 nitrogen and oxygen atoms in total. The fourth-order valence-corrected chi connectivity index (χ4v) is 2.31. The highest BCUT2D eigenvalue weighted by Crippen LogP contribution is 2.36. The van der Waals surface area contributed by atoms with Crippen LogP contribution in [0.25, 0.3) is 0 Å². The Morgan fingerprint density at radius 1 is 1.09 bits per heavy atom. The van der Waals surface area contributed by atoms with Crippen LogP contribution in [0.15, 0.2) is 48.5 Å². The molecule has 0 fully saturated rings. The number of rotatable bonds is 7. The van der Waals surface area contributed by atoms with Crippen LogP contribution in [0.3, 0.4) is 0 Å². The summed E-state index contributed by atoms with van der Waals surface area (Å²) in [5.74, 6) is 0.652. The van der Waals surface area contributed by atoms with E-state index in [0.717, 1.165) is 19.5 Å². The maximum Gasteiger partial charge on any atom is 0.346 e. The molecule has 1 radical (unpaired) electrons. The minimum absolute atomic E-state index is 0.337. The van der Waals surface area contributed by atoms with E-state index in [0.29, 0.717) is 23.7 Å². The Morgan fingerprint density at radius 2 is 1.95 bits per heavy atom. The van der Waals surface area contributed by atoms with Crippen LogP contribution in [0.1, 0.15) is 12.0 Å². The van der Waals surface area contributed by atoms with Crippen molar-refractivity contribution in [1.82, 2.24) is 10.6 Å². The Balaban J connectivity index is 1.39. The smallest absolute Gasteiger partial charge is 0.346 e. The van der Waals surface area contributed by atoms with Crippen molar-refractivity contribution in [1.29, 1.82) is 0 Å². The summed E-state index contributed by atoms with van der Waals surface area (Å²) in [4.78, 5) is 11.3. The number of anilines is 1. The number of carbonyl (C=O) groups excluding carboxylic acids is 1. The van der Waals surface area contributed by atoms with Crippen molar-refractivity contribution in [2.45, 2.75) is 13.0 Å². The zero-order valence-electron chi connectivity index (χ0n) is 12.2. The molecule has 3 rings (SSSR count). The molecule has 0 aliphatic carbocycles. The lowest BCUT2D eigenvalue weighted by atomic mass is 10.2. The summed E-state index contributed by atoms with van der Waals surface area (Å²) in [5.41, 5.74) is 2.59. The second-order valence-electron chi connectivity index (χ2n) is 5.06. The van der Waals surface area contributed by atoms with Gasteiger partial charge < -0.3 is 15.4 Å². The van der Waals surface area contributed by atoms with Crippen molar-refractivity contribution in [3.05, 3.63) is 54.1 Å². The number of amides is 2. The molecule has 0 spiro atoms. The largest absolute Gasteiger partial charge is 0.491 e. The molecule has 0 saturated carbocycles. The summed E-state index contributed by atoms with van der Waals surface area (Å²) in [7, 11) is 0. The lowest BCUT2D eigenvalue weighted by Crippen LogP contribution is -2.17. The van der Waals surface area contributed by atoms with E-state index in [-0.39, 0.29) is 6.03 Å². The number of benzene rings is 2. The molecule has 1 aliphatic heterocycles. The van der Waals surface area contributed by atoms with Crippen molar-refractivity contribution in [2.24, 2.45) is 0 Å². The minimum atomic E-state index is -0.337. The normalized spacial score (nSPS) is 12.5. The number of urea groups is 1. The van der Waals surface area contributed by atoms with E-state index < -0.39 is 0 Å². The first kappa shape index (κ1) is 14.4. The lowest BCUT2D eigenvalue weighted by molar-refractivity contribution is 0.255. The van der Waals surface area contributed by atoms with Gasteiger partial charge in [0.05, 0.1) is 12.3 Å². The van der Waals surface area contributed by atoms with E-state index >= 15 is 0 Å². The molecule has 2 aromatic rings. The Labute approximate surface area is 129 Å². The SMILES string of the molecule is O=C1[N]c2c(cccc2OCCCNCc2ccccc2)N1. The molecule has 113 valence electrons. The molecule has 0 atom stereocenters. The second-order valence-corrected chi connectivity index (χ2v) is 5.06. The van der Waals surface area contributed by atoms with E-state index in [1.165, 1.54) is 5.56 Å². The van der Waals surface area contributed by atoms with Crippen LogP contribution in [0.2, 0.25) is 0 Å². The quantitative estimate of drug-likeness (QED) is 0.772. The number of hydrogen-bond acceptors (Lipinski definition) is 3. The topological polar surface area (TPSA) is 64.5 Å². The molecule has 22 heavy (non-hydrogen) atoms. The van der Waals surface area contributed by atoms with E-state index in [1.807, 2.05) is 36.4 Å². The Bertz CT molecular complexity index is 644. The molecule has 0 aromatic heterocycles. The van der Waals surface area contributed by atoms with E-state index in [4.69, 9.17) is 4.74 Å². The summed E-state index contributed by atoms with van der Waals surface area (Å²) >= 11 is 0. The number of nitrogens with one attached hydrogen (secondary N) is 2. The van der Waals surface area contributed by atoms with Gasteiger partial charge in [-0.2, -0.15) is 5.32 Å². The Kier molecular flexibility index (Phi) is 4.56. The van der Waals surface area contributed by atoms with Gasteiger partial charge in [0.1, 0.15) is 11.4 Å². The Morgan fingerprint density at radius 3 is 2.82 bits per heavy atom. The van der Waals surface area contributed by atoms with Gasteiger partial charge >= 0.3 is 6.03 Å². The average molecular weight is 296 g/mol. The van der Waals surface area contributed by atoms with Gasteiger partial charge in [-0.1, -0.05) is 36.4 Å². The molecule has 1 aliphatic rings. The molecule has 0 unspecified atom stereocenters. The highest BCUT2D eigenvalue weighted by molar-refractivity contribution is 6.03. The summed E-state index contributed by atoms with van der Waals surface area (Å²) < 4.78 is 5.72. The second kappa shape index (κ2) is 6.95. The molecule has 2 aromatic carbocycles. The zero-order valence-corrected chi connectivity index (χ0v) is 12.2. The van der Waals surface area contributed by atoms with Crippen LogP contribution in [0.4, 0.5) is 16.2 Å². The summed E-state index contributed by atoms with van der Waals surface area (Å²) in [6, 6.07) is 15.4. The fourth-order valence-electron chi connectivity index (χ4n) is 2.31. The Hall–Kier alpha value is -2.53. The van der Waals surface area contributed by atoms with Gasteiger partial charge in [0.15, 0.2) is 0 Å². The van der Waals surface area contributed by atoms with E-state index in [9.17, 15) is 4.79 Å². The molecule has 1 heterocycles. The van der Waals surface area contributed by atoms with Crippen molar-refractivity contribution in [2.75, 3.05) is 18.5 Å². The number of nitrogens with zero attached hydrogens (tertiary/aromatic N) is 1. The highest BCUT2D eigenvalue weighted by Gasteiger charge is 2.22. The van der Waals surface area contributed by atoms with E-state index in [1.54, 1.807) is 0 Å². The van der Waals surface area contributed by atoms with Crippen molar-refractivity contribution >= 4 is 17.4 Å². The molecule has 0 bridgehead atoms. The number of fused-ring (bicyclic) bond motifs is 1. The van der Waals surface area contributed by atoms with Gasteiger partial charge in [-0.25, -0.2) is 4.79 Å². The summed E-state index contributed by atoms with van der Waals surface area (Å²) in [5, 5.41) is 9.96. The predicted molar refractivity (Wildman–Crippen MR) is 85.5 cm³/mol. The number of hydrogen-bond donors (Lipinski definition) is 2. The first-order valence-electron chi connectivity index (χ1n) is 7.36. The fraction of sp³-hybridized carbons (Fsp3) is 0.235. The third-order valence-electron chi connectivity index (χ3n) is 3.38. The minimum Gasteiger partial charge on any atom is -0.491 e. The molecule has 2 N–H and O–H groups in total. The van der Waals surface area contributed by atoms with Gasteiger partial charge in [-0.15, -0.1) is 0 Å². The average Bonchev–Trinajstić information content (AvgIpc) is 2.92. The van der Waals surface area contributed by atoms with Gasteiger partial charge in [0.25, 0.3) is 0 Å². The monoisotopic (exact) mass is 296 g/mol. The first-order valence-corrected chi connectivity index (χ1v) is 7.36. The maximum absolute atomic E-state index is 11.3. The zero-order chi connectivity index (χ0) is 15.2. The van der Waals surface area contributed by atoms with Crippen molar-refractivity contribution < 1.29 is 9.53 Å². The summed E-state index contributed by atoms with van der Waals surface area (Å²) in [6.45, 7) is 2.32. The van der Waals surface area contributed by atoms with Gasteiger partial charge in [0.2, 0.25) is 0 Å². The van der Waals surface area contributed by atoms with Gasteiger partial charge in [-0.05, 0) is 30.7 Å². The maximum atomic E-state index is 11.3. The van der Waals surface area contributed by atoms with Crippen LogP contribution in [-0.4, -0.2) is 19.2 Å². The van der Waals surface area contributed by atoms with Gasteiger partial charge in [-0.3, -0.25) is 0 Å². The molecule has 5 heteroatoms. The highest BCUT2D eigenvalue weighted by atomic mass is 16.5. The molecule has 2 amide bonds. The predicted octanol–water partition coefficient (Wildman–Crippen LogP) is 3.03. The van der Waals surface area contributed by atoms with Crippen molar-refractivity contribution in [3.8, 4) is 5.75 Å². The molecule has 0 saturated heterocycles. The standard InChI is InChI=1S/C17H18N3O2/c21-17-19-14-8-4-9-15(16(14)20-17)22-11-5-10-18-12-13-6-2-1-3-7-13/h1-4,6-9,18H,5,10-12H2,(H,19,21). The number of carbonyl (C=O) groups is 1. The first-order chi connectivity index (χ1) is 10.8. The van der Waals surface area contributed by atoms with E-state index in [2.05, 4.69) is 28.1 Å². The van der Waals surface area contributed by atoms with Crippen molar-refractivity contribution in [3.63, 3.8) is 0 Å². The van der Waals surface area contributed by atoms with Crippen LogP contribution < -0.4 is 20.7 Å². The van der Waals surface area contributed by atoms with Crippen LogP contribution in [-0.2, 0) is 6.54 Å². The summed E-state index contributed by atoms with van der Waals surface area (Å²) in [6.07, 6.45) is 0.887. The third kappa shape index (κ3) is 3.56. The van der Waals surface area contributed by atoms with Gasteiger partial charge in [0, 0.05) is 6.54 Å². The number of para-hydroxylation sites is 1. The van der Waals surface area contributed by atoms with Crippen LogP contribution in [0, 0.1) is 0 Å². The molecular weight excluding hydrogens is 278 g/mol.